The van der Waals surface area contributed by atoms with Gasteiger partial charge in [0.05, 0.1) is 13.2 Å². The second-order valence-electron chi connectivity index (χ2n) is 4.71. The molecule has 1 aliphatic rings. The SMILES string of the molecule is COCCCN1Cc2c(OC)ccc(F)c2C1CN. The van der Waals surface area contributed by atoms with Crippen LogP contribution in [0, 0.1) is 5.82 Å². The quantitative estimate of drug-likeness (QED) is 0.798. The maximum Gasteiger partial charge on any atom is 0.128 e. The van der Waals surface area contributed by atoms with E-state index in [9.17, 15) is 4.39 Å². The smallest absolute Gasteiger partial charge is 0.128 e. The molecule has 4 nitrogen and oxygen atoms in total. The van der Waals surface area contributed by atoms with Gasteiger partial charge in [-0.15, -0.1) is 0 Å². The van der Waals surface area contributed by atoms with Crippen LogP contribution >= 0.6 is 0 Å². The second kappa shape index (κ2) is 6.32. The molecule has 1 atom stereocenters. The van der Waals surface area contributed by atoms with Crippen LogP contribution in [0.25, 0.3) is 0 Å². The molecule has 106 valence electrons. The molecule has 1 unspecified atom stereocenters. The van der Waals surface area contributed by atoms with E-state index in [0.29, 0.717) is 25.3 Å². The molecular weight excluding hydrogens is 247 g/mol. The van der Waals surface area contributed by atoms with Crippen LogP contribution in [0.2, 0.25) is 0 Å². The first-order valence-corrected chi connectivity index (χ1v) is 6.51. The average molecular weight is 268 g/mol. The van der Waals surface area contributed by atoms with Gasteiger partial charge in [-0.05, 0) is 18.6 Å². The van der Waals surface area contributed by atoms with Gasteiger partial charge in [0.15, 0.2) is 0 Å². The van der Waals surface area contributed by atoms with E-state index in [2.05, 4.69) is 4.90 Å². The van der Waals surface area contributed by atoms with Crippen molar-refractivity contribution in [2.24, 2.45) is 5.73 Å². The standard InChI is InChI=1S/C14H21FN2O2/c1-18-7-3-6-17-9-10-13(19-2)5-4-11(15)14(10)12(17)8-16/h4-5,12H,3,6-9,16H2,1-2H3. The zero-order chi connectivity index (χ0) is 13.8. The summed E-state index contributed by atoms with van der Waals surface area (Å²) in [5.41, 5.74) is 7.44. The lowest BCUT2D eigenvalue weighted by Crippen LogP contribution is -2.29. The molecule has 0 saturated heterocycles. The molecule has 2 N–H and O–H groups in total. The van der Waals surface area contributed by atoms with E-state index in [1.165, 1.54) is 6.07 Å². The van der Waals surface area contributed by atoms with Crippen LogP contribution in [-0.2, 0) is 11.3 Å². The minimum Gasteiger partial charge on any atom is -0.496 e. The van der Waals surface area contributed by atoms with Gasteiger partial charge in [-0.25, -0.2) is 4.39 Å². The van der Waals surface area contributed by atoms with E-state index in [-0.39, 0.29) is 11.9 Å². The number of nitrogens with two attached hydrogens (primary N) is 1. The minimum atomic E-state index is -0.194. The number of halogens is 1. The Morgan fingerprint density at radius 1 is 1.42 bits per heavy atom. The highest BCUT2D eigenvalue weighted by Gasteiger charge is 2.33. The van der Waals surface area contributed by atoms with Crippen molar-refractivity contribution < 1.29 is 13.9 Å². The van der Waals surface area contributed by atoms with Crippen LogP contribution in [0.15, 0.2) is 12.1 Å². The Balaban J connectivity index is 2.24. The Labute approximate surface area is 113 Å². The fraction of sp³-hybridized carbons (Fsp3) is 0.571. The predicted molar refractivity (Wildman–Crippen MR) is 71.7 cm³/mol. The summed E-state index contributed by atoms with van der Waals surface area (Å²) in [4.78, 5) is 2.19. The molecule has 0 aromatic heterocycles. The number of hydrogen-bond acceptors (Lipinski definition) is 4. The number of nitrogens with zero attached hydrogens (tertiary/aromatic N) is 1. The lowest BCUT2D eigenvalue weighted by Gasteiger charge is -2.23. The van der Waals surface area contributed by atoms with Gasteiger partial charge in [-0.1, -0.05) is 0 Å². The highest BCUT2D eigenvalue weighted by atomic mass is 19.1. The van der Waals surface area contributed by atoms with Crippen LogP contribution in [0.3, 0.4) is 0 Å². The second-order valence-corrected chi connectivity index (χ2v) is 4.71. The first-order chi connectivity index (χ1) is 9.22. The molecule has 0 aliphatic carbocycles. The molecule has 0 radical (unpaired) electrons. The Bertz CT molecular complexity index is 440. The van der Waals surface area contributed by atoms with Crippen LogP contribution in [0.1, 0.15) is 23.6 Å². The molecule has 0 bridgehead atoms. The largest absolute Gasteiger partial charge is 0.496 e. The van der Waals surface area contributed by atoms with Gasteiger partial charge in [-0.3, -0.25) is 4.90 Å². The van der Waals surface area contributed by atoms with E-state index in [0.717, 1.165) is 24.3 Å². The predicted octanol–water partition coefficient (Wildman–Crippen LogP) is 1.69. The van der Waals surface area contributed by atoms with Gasteiger partial charge in [-0.2, -0.15) is 0 Å². The monoisotopic (exact) mass is 268 g/mol. The maximum atomic E-state index is 14.0. The molecule has 1 aromatic rings. The van der Waals surface area contributed by atoms with Crippen LogP contribution in [-0.4, -0.2) is 38.8 Å². The fourth-order valence-electron chi connectivity index (χ4n) is 2.74. The third-order valence-corrected chi connectivity index (χ3v) is 3.63. The van der Waals surface area contributed by atoms with E-state index >= 15 is 0 Å². The lowest BCUT2D eigenvalue weighted by molar-refractivity contribution is 0.155. The van der Waals surface area contributed by atoms with Crippen LogP contribution in [0.4, 0.5) is 4.39 Å². The van der Waals surface area contributed by atoms with Crippen molar-refractivity contribution in [2.75, 3.05) is 33.9 Å². The molecule has 0 spiro atoms. The highest BCUT2D eigenvalue weighted by Crippen LogP contribution is 2.39. The molecular formula is C14H21FN2O2. The van der Waals surface area contributed by atoms with Crippen molar-refractivity contribution in [1.29, 1.82) is 0 Å². The van der Waals surface area contributed by atoms with Crippen LogP contribution < -0.4 is 10.5 Å². The number of benzene rings is 1. The van der Waals surface area contributed by atoms with Crippen molar-refractivity contribution in [3.05, 3.63) is 29.1 Å². The Kier molecular flexibility index (Phi) is 4.74. The normalized spacial score (nSPS) is 18.6. The van der Waals surface area contributed by atoms with Crippen LogP contribution in [0.5, 0.6) is 5.75 Å². The molecule has 1 aliphatic heterocycles. The number of hydrogen-bond donors (Lipinski definition) is 1. The van der Waals surface area contributed by atoms with Crippen molar-refractivity contribution in [1.82, 2.24) is 4.90 Å². The molecule has 5 heteroatoms. The van der Waals surface area contributed by atoms with E-state index in [1.807, 2.05) is 0 Å². The van der Waals surface area contributed by atoms with Crippen molar-refractivity contribution in [3.8, 4) is 5.75 Å². The summed E-state index contributed by atoms with van der Waals surface area (Å²) in [6.07, 6.45) is 0.908. The molecule has 0 saturated carbocycles. The Hall–Kier alpha value is -1.17. The summed E-state index contributed by atoms with van der Waals surface area (Å²) in [6.45, 7) is 2.63. The zero-order valence-corrected chi connectivity index (χ0v) is 11.5. The first kappa shape index (κ1) is 14.2. The summed E-state index contributed by atoms with van der Waals surface area (Å²) in [5, 5.41) is 0. The molecule has 1 aromatic carbocycles. The molecule has 2 rings (SSSR count). The molecule has 0 fully saturated rings. The summed E-state index contributed by atoms with van der Waals surface area (Å²) in [6, 6.07) is 3.07. The van der Waals surface area contributed by atoms with E-state index in [4.69, 9.17) is 15.2 Å². The Morgan fingerprint density at radius 3 is 2.84 bits per heavy atom. The number of methoxy groups -OCH3 is 2. The summed E-state index contributed by atoms with van der Waals surface area (Å²) in [5.74, 6) is 0.546. The van der Waals surface area contributed by atoms with E-state index in [1.54, 1.807) is 20.3 Å². The number of ether oxygens (including phenoxy) is 2. The molecule has 1 heterocycles. The minimum absolute atomic E-state index is 0.0676. The lowest BCUT2D eigenvalue weighted by atomic mass is 10.0. The van der Waals surface area contributed by atoms with Crippen molar-refractivity contribution in [3.63, 3.8) is 0 Å². The Morgan fingerprint density at radius 2 is 2.21 bits per heavy atom. The van der Waals surface area contributed by atoms with Gasteiger partial charge < -0.3 is 15.2 Å². The van der Waals surface area contributed by atoms with E-state index < -0.39 is 0 Å². The highest BCUT2D eigenvalue weighted by molar-refractivity contribution is 5.45. The van der Waals surface area contributed by atoms with Gasteiger partial charge in [0.2, 0.25) is 0 Å². The molecule has 19 heavy (non-hydrogen) atoms. The number of fused-ring (bicyclic) bond motifs is 1. The number of rotatable bonds is 6. The fourth-order valence-corrected chi connectivity index (χ4v) is 2.74. The summed E-state index contributed by atoms with van der Waals surface area (Å²) < 4.78 is 24.4. The molecule has 0 amide bonds. The third kappa shape index (κ3) is 2.73. The average Bonchev–Trinajstić information content (AvgIpc) is 2.79. The first-order valence-electron chi connectivity index (χ1n) is 6.51. The zero-order valence-electron chi connectivity index (χ0n) is 11.5. The van der Waals surface area contributed by atoms with Crippen molar-refractivity contribution >= 4 is 0 Å². The van der Waals surface area contributed by atoms with Gasteiger partial charge in [0, 0.05) is 44.5 Å². The summed E-state index contributed by atoms with van der Waals surface area (Å²) in [7, 11) is 3.29. The van der Waals surface area contributed by atoms with Crippen molar-refractivity contribution in [2.45, 2.75) is 19.0 Å². The van der Waals surface area contributed by atoms with Gasteiger partial charge in [0.25, 0.3) is 0 Å². The summed E-state index contributed by atoms with van der Waals surface area (Å²) >= 11 is 0. The third-order valence-electron chi connectivity index (χ3n) is 3.63. The van der Waals surface area contributed by atoms with Gasteiger partial charge in [0.1, 0.15) is 11.6 Å². The maximum absolute atomic E-state index is 14.0. The van der Waals surface area contributed by atoms with Gasteiger partial charge >= 0.3 is 0 Å². The topological polar surface area (TPSA) is 47.7 Å².